The summed E-state index contributed by atoms with van der Waals surface area (Å²) in [4.78, 5) is 0. The van der Waals surface area contributed by atoms with E-state index >= 15 is 0 Å². The van der Waals surface area contributed by atoms with Crippen molar-refractivity contribution in [1.29, 1.82) is 0 Å². The highest BCUT2D eigenvalue weighted by Crippen LogP contribution is 2.50. The third kappa shape index (κ3) is 1.74. The highest BCUT2D eigenvalue weighted by atomic mass is 16.5. The van der Waals surface area contributed by atoms with E-state index in [-0.39, 0.29) is 11.6 Å². The molecule has 0 radical (unpaired) electrons. The summed E-state index contributed by atoms with van der Waals surface area (Å²) < 4.78 is 6.43. The maximum atomic E-state index is 6.43. The van der Waals surface area contributed by atoms with Crippen LogP contribution in [0, 0.1) is 12.8 Å². The molecular weight excluding hydrogens is 222 g/mol. The molecule has 1 heterocycles. The van der Waals surface area contributed by atoms with Crippen LogP contribution < -0.4 is 10.5 Å². The van der Waals surface area contributed by atoms with Gasteiger partial charge in [0.25, 0.3) is 0 Å². The Bertz CT molecular complexity index is 456. The summed E-state index contributed by atoms with van der Waals surface area (Å²) in [7, 11) is 0. The van der Waals surface area contributed by atoms with Gasteiger partial charge >= 0.3 is 0 Å². The molecule has 1 spiro atoms. The molecule has 3 rings (SSSR count). The predicted molar refractivity (Wildman–Crippen MR) is 73.7 cm³/mol. The topological polar surface area (TPSA) is 35.2 Å². The molecule has 3 atom stereocenters. The van der Waals surface area contributed by atoms with Crippen molar-refractivity contribution < 1.29 is 4.74 Å². The quantitative estimate of drug-likeness (QED) is 0.818. The minimum atomic E-state index is 0.0242. The van der Waals surface area contributed by atoms with Crippen molar-refractivity contribution >= 4 is 0 Å². The molecule has 1 saturated carbocycles. The predicted octanol–water partition coefficient (Wildman–Crippen LogP) is 3.73. The van der Waals surface area contributed by atoms with Crippen molar-refractivity contribution in [2.24, 2.45) is 11.7 Å². The summed E-state index contributed by atoms with van der Waals surface area (Å²) in [5, 5.41) is 0. The Labute approximate surface area is 110 Å². The van der Waals surface area contributed by atoms with E-state index in [1.165, 1.54) is 36.8 Å². The lowest BCUT2D eigenvalue weighted by molar-refractivity contribution is -0.000972. The van der Waals surface area contributed by atoms with Crippen molar-refractivity contribution in [1.82, 2.24) is 0 Å². The van der Waals surface area contributed by atoms with Crippen LogP contribution in [0.15, 0.2) is 18.2 Å². The summed E-state index contributed by atoms with van der Waals surface area (Å²) in [6, 6.07) is 6.56. The fraction of sp³-hybridized carbons (Fsp3) is 0.625. The average molecular weight is 245 g/mol. The standard InChI is InChI=1S/C16H23NO/c1-3-12-5-4-8-16(12)10-14(17)13-9-11(2)6-7-15(13)18-16/h6-7,9,12,14H,3-5,8,10,17H2,1-2H3/t12?,14-,16?/m1/s1. The molecule has 2 heteroatoms. The van der Waals surface area contributed by atoms with Crippen LogP contribution >= 0.6 is 0 Å². The Kier molecular flexibility index (Phi) is 2.86. The minimum Gasteiger partial charge on any atom is -0.487 e. The van der Waals surface area contributed by atoms with Gasteiger partial charge in [-0.3, -0.25) is 0 Å². The molecule has 1 aliphatic carbocycles. The number of aryl methyl sites for hydroxylation is 1. The van der Waals surface area contributed by atoms with E-state index < -0.39 is 0 Å². The van der Waals surface area contributed by atoms with Crippen molar-refractivity contribution in [2.75, 3.05) is 0 Å². The van der Waals surface area contributed by atoms with E-state index in [4.69, 9.17) is 10.5 Å². The van der Waals surface area contributed by atoms with E-state index in [2.05, 4.69) is 32.0 Å². The second kappa shape index (κ2) is 4.27. The maximum Gasteiger partial charge on any atom is 0.124 e. The molecule has 18 heavy (non-hydrogen) atoms. The Morgan fingerprint density at radius 2 is 2.28 bits per heavy atom. The van der Waals surface area contributed by atoms with Gasteiger partial charge in [0.05, 0.1) is 0 Å². The molecule has 2 aliphatic rings. The number of benzene rings is 1. The minimum absolute atomic E-state index is 0.0242. The number of nitrogens with two attached hydrogens (primary N) is 1. The van der Waals surface area contributed by atoms with E-state index in [1.54, 1.807) is 0 Å². The number of fused-ring (bicyclic) bond motifs is 1. The lowest BCUT2D eigenvalue weighted by atomic mass is 9.79. The molecular formula is C16H23NO. The summed E-state index contributed by atoms with van der Waals surface area (Å²) in [6.07, 6.45) is 5.94. The molecule has 0 aromatic heterocycles. The Hall–Kier alpha value is -1.02. The lowest BCUT2D eigenvalue weighted by Gasteiger charge is -2.42. The van der Waals surface area contributed by atoms with E-state index in [0.717, 1.165) is 12.2 Å². The van der Waals surface area contributed by atoms with Crippen LogP contribution in [0.2, 0.25) is 0 Å². The maximum absolute atomic E-state index is 6.43. The second-order valence-corrected chi connectivity index (χ2v) is 6.02. The van der Waals surface area contributed by atoms with Gasteiger partial charge in [-0.2, -0.15) is 0 Å². The average Bonchev–Trinajstić information content (AvgIpc) is 2.72. The van der Waals surface area contributed by atoms with Crippen LogP contribution in [0.3, 0.4) is 0 Å². The van der Waals surface area contributed by atoms with Crippen LogP contribution in [0.25, 0.3) is 0 Å². The molecule has 1 aliphatic heterocycles. The molecule has 0 saturated heterocycles. The smallest absolute Gasteiger partial charge is 0.124 e. The molecule has 2 unspecified atom stereocenters. The number of ether oxygens (including phenoxy) is 1. The fourth-order valence-electron chi connectivity index (χ4n) is 3.89. The summed E-state index contributed by atoms with van der Waals surface area (Å²) in [6.45, 7) is 4.39. The third-order valence-electron chi connectivity index (χ3n) is 4.83. The number of hydrogen-bond acceptors (Lipinski definition) is 2. The Morgan fingerprint density at radius 1 is 1.44 bits per heavy atom. The molecule has 2 nitrogen and oxygen atoms in total. The van der Waals surface area contributed by atoms with Gasteiger partial charge in [-0.25, -0.2) is 0 Å². The monoisotopic (exact) mass is 245 g/mol. The summed E-state index contributed by atoms with van der Waals surface area (Å²) in [5.74, 6) is 1.71. The highest BCUT2D eigenvalue weighted by molar-refractivity contribution is 5.41. The van der Waals surface area contributed by atoms with Crippen LogP contribution in [0.1, 0.15) is 56.2 Å². The van der Waals surface area contributed by atoms with Crippen molar-refractivity contribution in [3.05, 3.63) is 29.3 Å². The molecule has 98 valence electrons. The fourth-order valence-corrected chi connectivity index (χ4v) is 3.89. The number of rotatable bonds is 1. The lowest BCUT2D eigenvalue weighted by Crippen LogP contribution is -2.45. The van der Waals surface area contributed by atoms with Crippen molar-refractivity contribution in [3.8, 4) is 5.75 Å². The van der Waals surface area contributed by atoms with E-state index in [9.17, 15) is 0 Å². The van der Waals surface area contributed by atoms with Gasteiger partial charge in [-0.15, -0.1) is 0 Å². The zero-order chi connectivity index (χ0) is 12.8. The van der Waals surface area contributed by atoms with Crippen molar-refractivity contribution in [3.63, 3.8) is 0 Å². The first-order chi connectivity index (χ1) is 8.64. The van der Waals surface area contributed by atoms with Crippen LogP contribution in [-0.4, -0.2) is 5.60 Å². The van der Waals surface area contributed by atoms with Gasteiger partial charge in [0.15, 0.2) is 0 Å². The van der Waals surface area contributed by atoms with E-state index in [1.807, 2.05) is 0 Å². The van der Waals surface area contributed by atoms with E-state index in [0.29, 0.717) is 5.92 Å². The summed E-state index contributed by atoms with van der Waals surface area (Å²) >= 11 is 0. The van der Waals surface area contributed by atoms with Crippen LogP contribution in [0.5, 0.6) is 5.75 Å². The van der Waals surface area contributed by atoms with Gasteiger partial charge < -0.3 is 10.5 Å². The normalized spacial score (nSPS) is 34.4. The van der Waals surface area contributed by atoms with Gasteiger partial charge in [-0.1, -0.05) is 24.6 Å². The first-order valence-electron chi connectivity index (χ1n) is 7.20. The van der Waals surface area contributed by atoms with Gasteiger partial charge in [-0.05, 0) is 44.6 Å². The zero-order valence-corrected chi connectivity index (χ0v) is 11.4. The molecule has 2 N–H and O–H groups in total. The Morgan fingerprint density at radius 3 is 3.06 bits per heavy atom. The number of hydrogen-bond donors (Lipinski definition) is 1. The first-order valence-corrected chi connectivity index (χ1v) is 7.20. The van der Waals surface area contributed by atoms with Gasteiger partial charge in [0.2, 0.25) is 0 Å². The van der Waals surface area contributed by atoms with Crippen LogP contribution in [0.4, 0.5) is 0 Å². The molecule has 1 aromatic rings. The second-order valence-electron chi connectivity index (χ2n) is 6.02. The first kappa shape index (κ1) is 12.0. The van der Waals surface area contributed by atoms with Gasteiger partial charge in [0, 0.05) is 18.0 Å². The Balaban J connectivity index is 1.98. The SMILES string of the molecule is CCC1CCCC12C[C@@H](N)c1cc(C)ccc1O2. The molecule has 0 bridgehead atoms. The van der Waals surface area contributed by atoms with Crippen LogP contribution in [-0.2, 0) is 0 Å². The van der Waals surface area contributed by atoms with Gasteiger partial charge in [0.1, 0.15) is 11.4 Å². The highest BCUT2D eigenvalue weighted by Gasteiger charge is 2.48. The molecule has 1 fully saturated rings. The zero-order valence-electron chi connectivity index (χ0n) is 11.4. The largest absolute Gasteiger partial charge is 0.487 e. The molecule has 1 aromatic carbocycles. The van der Waals surface area contributed by atoms with Crippen molar-refractivity contribution in [2.45, 2.75) is 57.6 Å². The third-order valence-corrected chi connectivity index (χ3v) is 4.83. The summed E-state index contributed by atoms with van der Waals surface area (Å²) in [5.41, 5.74) is 8.89. The molecule has 0 amide bonds.